The predicted octanol–water partition coefficient (Wildman–Crippen LogP) is 2.34. The SMILES string of the molecule is CC1=CC(=S)CC1C. The van der Waals surface area contributed by atoms with Gasteiger partial charge in [0.2, 0.25) is 0 Å². The maximum absolute atomic E-state index is 5.00. The lowest BCUT2D eigenvalue weighted by Crippen LogP contribution is -1.89. The van der Waals surface area contributed by atoms with Gasteiger partial charge in [-0.2, -0.15) is 0 Å². The predicted molar refractivity (Wildman–Crippen MR) is 40.1 cm³/mol. The lowest BCUT2D eigenvalue weighted by molar-refractivity contribution is 0.743. The number of hydrogen-bond acceptors (Lipinski definition) is 1. The standard InChI is InChI=1S/C7H10S/c1-5-3-7(8)4-6(5)2/h3,6H,4H2,1-2H3. The van der Waals surface area contributed by atoms with E-state index < -0.39 is 0 Å². The van der Waals surface area contributed by atoms with Gasteiger partial charge in [-0.3, -0.25) is 0 Å². The fourth-order valence-corrected chi connectivity index (χ4v) is 1.35. The fourth-order valence-electron chi connectivity index (χ4n) is 0.918. The summed E-state index contributed by atoms with van der Waals surface area (Å²) in [6.45, 7) is 4.36. The molecule has 0 saturated carbocycles. The third kappa shape index (κ3) is 0.972. The zero-order valence-corrected chi connectivity index (χ0v) is 6.09. The molecule has 0 aromatic carbocycles. The zero-order valence-electron chi connectivity index (χ0n) is 5.27. The molecule has 0 saturated heterocycles. The number of thiocarbonyl (C=S) groups is 1. The van der Waals surface area contributed by atoms with Crippen LogP contribution in [0.5, 0.6) is 0 Å². The third-order valence-corrected chi connectivity index (χ3v) is 1.96. The van der Waals surface area contributed by atoms with Crippen LogP contribution in [-0.2, 0) is 0 Å². The molecule has 0 spiro atoms. The Hall–Kier alpha value is -0.170. The van der Waals surface area contributed by atoms with Crippen LogP contribution in [0.1, 0.15) is 20.3 Å². The molecule has 8 heavy (non-hydrogen) atoms. The zero-order chi connectivity index (χ0) is 6.15. The minimum absolute atomic E-state index is 0.711. The first kappa shape index (κ1) is 5.96. The smallest absolute Gasteiger partial charge is 0.0157 e. The van der Waals surface area contributed by atoms with Crippen molar-refractivity contribution in [1.82, 2.24) is 0 Å². The number of allylic oxidation sites excluding steroid dienone is 2. The van der Waals surface area contributed by atoms with Crippen molar-refractivity contribution in [2.45, 2.75) is 20.3 Å². The molecule has 0 aromatic rings. The van der Waals surface area contributed by atoms with Crippen LogP contribution in [0.4, 0.5) is 0 Å². The van der Waals surface area contributed by atoms with Crippen molar-refractivity contribution in [3.8, 4) is 0 Å². The first-order valence-corrected chi connectivity index (χ1v) is 3.32. The topological polar surface area (TPSA) is 0 Å². The van der Waals surface area contributed by atoms with E-state index in [2.05, 4.69) is 19.9 Å². The Morgan fingerprint density at radius 1 is 1.75 bits per heavy atom. The summed E-state index contributed by atoms with van der Waals surface area (Å²) < 4.78 is 0. The van der Waals surface area contributed by atoms with E-state index in [0.29, 0.717) is 5.92 Å². The largest absolute Gasteiger partial charge is 0.0849 e. The lowest BCUT2D eigenvalue weighted by atomic mass is 10.1. The van der Waals surface area contributed by atoms with Gasteiger partial charge in [0.1, 0.15) is 0 Å². The molecule has 1 heteroatoms. The van der Waals surface area contributed by atoms with Crippen LogP contribution >= 0.6 is 12.2 Å². The molecule has 0 radical (unpaired) electrons. The highest BCUT2D eigenvalue weighted by Gasteiger charge is 2.12. The molecular weight excluding hydrogens is 116 g/mol. The first-order chi connectivity index (χ1) is 3.70. The minimum Gasteiger partial charge on any atom is -0.0849 e. The maximum Gasteiger partial charge on any atom is 0.0157 e. The molecule has 0 nitrogen and oxygen atoms in total. The van der Waals surface area contributed by atoms with Crippen molar-refractivity contribution in [3.05, 3.63) is 11.6 Å². The quantitative estimate of drug-likeness (QED) is 0.449. The summed E-state index contributed by atoms with van der Waals surface area (Å²) >= 11 is 5.00. The Balaban J connectivity index is 2.73. The fraction of sp³-hybridized carbons (Fsp3) is 0.571. The highest BCUT2D eigenvalue weighted by molar-refractivity contribution is 7.80. The average molecular weight is 126 g/mol. The van der Waals surface area contributed by atoms with E-state index in [-0.39, 0.29) is 0 Å². The Bertz CT molecular complexity index is 144. The second-order valence-electron chi connectivity index (χ2n) is 2.46. The molecule has 0 amide bonds. The minimum atomic E-state index is 0.711. The monoisotopic (exact) mass is 126 g/mol. The molecule has 1 aliphatic rings. The molecule has 0 fully saturated rings. The van der Waals surface area contributed by atoms with Gasteiger partial charge in [0.25, 0.3) is 0 Å². The van der Waals surface area contributed by atoms with Crippen LogP contribution in [0.25, 0.3) is 0 Å². The summed E-state index contributed by atoms with van der Waals surface area (Å²) in [4.78, 5) is 1.12. The van der Waals surface area contributed by atoms with E-state index in [9.17, 15) is 0 Å². The second-order valence-corrected chi connectivity index (χ2v) is 2.98. The van der Waals surface area contributed by atoms with E-state index in [0.717, 1.165) is 11.3 Å². The van der Waals surface area contributed by atoms with E-state index in [1.807, 2.05) is 0 Å². The summed E-state index contributed by atoms with van der Waals surface area (Å²) in [6.07, 6.45) is 3.21. The van der Waals surface area contributed by atoms with Crippen LogP contribution in [0.2, 0.25) is 0 Å². The molecule has 44 valence electrons. The number of rotatable bonds is 0. The molecule has 0 aliphatic heterocycles. The Kier molecular flexibility index (Phi) is 1.47. The highest BCUT2D eigenvalue weighted by Crippen LogP contribution is 2.22. The van der Waals surface area contributed by atoms with Gasteiger partial charge in [-0.15, -0.1) is 0 Å². The van der Waals surface area contributed by atoms with Crippen molar-refractivity contribution in [3.63, 3.8) is 0 Å². The Labute approximate surface area is 55.6 Å². The summed E-state index contributed by atoms with van der Waals surface area (Å²) in [7, 11) is 0. The van der Waals surface area contributed by atoms with Gasteiger partial charge in [-0.1, -0.05) is 24.7 Å². The normalized spacial score (nSPS) is 28.5. The van der Waals surface area contributed by atoms with Crippen LogP contribution in [0.15, 0.2) is 11.6 Å². The summed E-state index contributed by atoms with van der Waals surface area (Å²) in [6, 6.07) is 0. The molecule has 0 N–H and O–H groups in total. The Morgan fingerprint density at radius 3 is 2.50 bits per heavy atom. The molecular formula is C7H10S. The molecule has 1 atom stereocenters. The Morgan fingerprint density at radius 2 is 2.38 bits per heavy atom. The van der Waals surface area contributed by atoms with Crippen molar-refractivity contribution in [2.75, 3.05) is 0 Å². The third-order valence-electron chi connectivity index (χ3n) is 1.67. The molecule has 0 aromatic heterocycles. The van der Waals surface area contributed by atoms with Gasteiger partial charge in [0, 0.05) is 4.86 Å². The van der Waals surface area contributed by atoms with Gasteiger partial charge < -0.3 is 0 Å². The van der Waals surface area contributed by atoms with E-state index >= 15 is 0 Å². The van der Waals surface area contributed by atoms with Gasteiger partial charge in [0.05, 0.1) is 0 Å². The van der Waals surface area contributed by atoms with Crippen molar-refractivity contribution in [2.24, 2.45) is 5.92 Å². The van der Waals surface area contributed by atoms with E-state index in [1.165, 1.54) is 5.57 Å². The van der Waals surface area contributed by atoms with Crippen LogP contribution in [0.3, 0.4) is 0 Å². The summed E-state index contributed by atoms with van der Waals surface area (Å²) in [5, 5.41) is 0. The van der Waals surface area contributed by atoms with Crippen LogP contribution in [0, 0.1) is 5.92 Å². The molecule has 1 aliphatic carbocycles. The van der Waals surface area contributed by atoms with Crippen molar-refractivity contribution in [1.29, 1.82) is 0 Å². The van der Waals surface area contributed by atoms with Gasteiger partial charge in [-0.05, 0) is 25.3 Å². The molecule has 1 unspecified atom stereocenters. The second kappa shape index (κ2) is 1.98. The highest BCUT2D eigenvalue weighted by atomic mass is 32.1. The van der Waals surface area contributed by atoms with Crippen LogP contribution in [-0.4, -0.2) is 4.86 Å². The molecule has 0 bridgehead atoms. The number of hydrogen-bond donors (Lipinski definition) is 0. The van der Waals surface area contributed by atoms with E-state index in [1.54, 1.807) is 0 Å². The first-order valence-electron chi connectivity index (χ1n) is 2.91. The van der Waals surface area contributed by atoms with Crippen LogP contribution < -0.4 is 0 Å². The van der Waals surface area contributed by atoms with Crippen molar-refractivity contribution < 1.29 is 0 Å². The lowest BCUT2D eigenvalue weighted by Gasteiger charge is -1.98. The molecule has 0 heterocycles. The van der Waals surface area contributed by atoms with Crippen molar-refractivity contribution >= 4 is 17.1 Å². The van der Waals surface area contributed by atoms with Gasteiger partial charge in [-0.25, -0.2) is 0 Å². The summed E-state index contributed by atoms with van der Waals surface area (Å²) in [5.41, 5.74) is 1.44. The maximum atomic E-state index is 5.00. The van der Waals surface area contributed by atoms with E-state index in [4.69, 9.17) is 12.2 Å². The molecule has 1 rings (SSSR count). The van der Waals surface area contributed by atoms with Gasteiger partial charge >= 0.3 is 0 Å². The average Bonchev–Trinajstić information content (AvgIpc) is 1.85. The summed E-state index contributed by atoms with van der Waals surface area (Å²) in [5.74, 6) is 0.711. The van der Waals surface area contributed by atoms with Gasteiger partial charge in [0.15, 0.2) is 0 Å².